The van der Waals surface area contributed by atoms with E-state index in [0.717, 1.165) is 19.4 Å². The summed E-state index contributed by atoms with van der Waals surface area (Å²) in [5.41, 5.74) is -0.575. The molecule has 2 rings (SSSR count). The number of rotatable bonds is 3. The molecule has 0 aromatic carbocycles. The molecule has 108 valence electrons. The maximum Gasteiger partial charge on any atom is 0.248 e. The van der Waals surface area contributed by atoms with Gasteiger partial charge >= 0.3 is 0 Å². The first-order valence-electron chi connectivity index (χ1n) is 7.42. The van der Waals surface area contributed by atoms with Crippen LogP contribution in [-0.4, -0.2) is 34.8 Å². The van der Waals surface area contributed by atoms with Gasteiger partial charge in [0.2, 0.25) is 11.8 Å². The van der Waals surface area contributed by atoms with Crippen LogP contribution in [0.3, 0.4) is 0 Å². The highest BCUT2D eigenvalue weighted by molar-refractivity contribution is 5.99. The molecule has 1 saturated heterocycles. The first kappa shape index (κ1) is 14.4. The maximum atomic E-state index is 12.6. The van der Waals surface area contributed by atoms with Gasteiger partial charge in [-0.2, -0.15) is 0 Å². The Hall–Kier alpha value is -1.06. The zero-order valence-corrected chi connectivity index (χ0v) is 12.6. The molecule has 1 heterocycles. The largest absolute Gasteiger partial charge is 0.340 e. The minimum Gasteiger partial charge on any atom is -0.340 e. The number of carbonyl (C=O) groups excluding carboxylic acids is 2. The van der Waals surface area contributed by atoms with Crippen LogP contribution < -0.4 is 5.32 Å². The number of hydrogen-bond donors (Lipinski definition) is 1. The number of nitrogens with zero attached hydrogens (tertiary/aromatic N) is 1. The third-order valence-electron chi connectivity index (χ3n) is 4.66. The quantitative estimate of drug-likeness (QED) is 0.850. The summed E-state index contributed by atoms with van der Waals surface area (Å²) in [4.78, 5) is 26.6. The number of nitrogens with one attached hydrogen (secondary N) is 1. The Kier molecular flexibility index (Phi) is 3.63. The first-order chi connectivity index (χ1) is 8.79. The van der Waals surface area contributed by atoms with Gasteiger partial charge in [-0.3, -0.25) is 9.59 Å². The summed E-state index contributed by atoms with van der Waals surface area (Å²) >= 11 is 0. The van der Waals surface area contributed by atoms with Gasteiger partial charge in [-0.25, -0.2) is 0 Å². The van der Waals surface area contributed by atoms with E-state index in [1.54, 1.807) is 13.8 Å². The standard InChI is InChI=1S/C15H26N2O2/c1-5-11-12(18)16-14(2,3)13(19)17(11)10-15(4)8-6-7-9-15/h11H,5-10H2,1-4H3,(H,16,18). The van der Waals surface area contributed by atoms with Gasteiger partial charge in [-0.1, -0.05) is 26.7 Å². The first-order valence-corrected chi connectivity index (χ1v) is 7.42. The fourth-order valence-corrected chi connectivity index (χ4v) is 3.47. The molecular formula is C15H26N2O2. The monoisotopic (exact) mass is 266 g/mol. The second kappa shape index (κ2) is 4.80. The Morgan fingerprint density at radius 1 is 1.21 bits per heavy atom. The summed E-state index contributed by atoms with van der Waals surface area (Å²) in [7, 11) is 0. The molecule has 2 fully saturated rings. The van der Waals surface area contributed by atoms with Gasteiger partial charge < -0.3 is 10.2 Å². The van der Waals surface area contributed by atoms with Crippen LogP contribution in [-0.2, 0) is 9.59 Å². The smallest absolute Gasteiger partial charge is 0.248 e. The number of carbonyl (C=O) groups is 2. The molecule has 1 aliphatic heterocycles. The van der Waals surface area contributed by atoms with Gasteiger partial charge in [-0.15, -0.1) is 0 Å². The van der Waals surface area contributed by atoms with Gasteiger partial charge in [0.05, 0.1) is 0 Å². The van der Waals surface area contributed by atoms with Crippen LogP contribution in [0, 0.1) is 5.41 Å². The van der Waals surface area contributed by atoms with Gasteiger partial charge in [0.1, 0.15) is 11.6 Å². The van der Waals surface area contributed by atoms with Crippen molar-refractivity contribution >= 4 is 11.8 Å². The molecule has 2 aliphatic rings. The summed E-state index contributed by atoms with van der Waals surface area (Å²) in [6.07, 6.45) is 5.49. The van der Waals surface area contributed by atoms with Crippen molar-refractivity contribution in [3.63, 3.8) is 0 Å². The summed E-state index contributed by atoms with van der Waals surface area (Å²) < 4.78 is 0. The predicted octanol–water partition coefficient (Wildman–Crippen LogP) is 2.08. The van der Waals surface area contributed by atoms with Crippen LogP contribution in [0.2, 0.25) is 0 Å². The van der Waals surface area contributed by atoms with E-state index in [-0.39, 0.29) is 23.3 Å². The molecule has 4 nitrogen and oxygen atoms in total. The third-order valence-corrected chi connectivity index (χ3v) is 4.66. The Morgan fingerprint density at radius 3 is 2.32 bits per heavy atom. The second-order valence-corrected chi connectivity index (χ2v) is 6.99. The number of piperazine rings is 1. The van der Waals surface area contributed by atoms with Crippen molar-refractivity contribution in [3.05, 3.63) is 0 Å². The Balaban J connectivity index is 2.22. The van der Waals surface area contributed by atoms with E-state index in [2.05, 4.69) is 12.2 Å². The molecule has 1 atom stereocenters. The number of hydrogen-bond acceptors (Lipinski definition) is 2. The molecule has 0 radical (unpaired) electrons. The summed E-state index contributed by atoms with van der Waals surface area (Å²) in [6, 6.07) is -0.294. The Bertz CT molecular complexity index is 384. The van der Waals surface area contributed by atoms with E-state index >= 15 is 0 Å². The molecule has 0 aromatic rings. The van der Waals surface area contributed by atoms with Crippen molar-refractivity contribution in [2.45, 2.75) is 71.4 Å². The topological polar surface area (TPSA) is 49.4 Å². The van der Waals surface area contributed by atoms with Crippen LogP contribution in [0.1, 0.15) is 59.8 Å². The van der Waals surface area contributed by atoms with E-state index in [4.69, 9.17) is 0 Å². The fraction of sp³-hybridized carbons (Fsp3) is 0.867. The minimum absolute atomic E-state index is 0.00584. The average molecular weight is 266 g/mol. The van der Waals surface area contributed by atoms with Gasteiger partial charge in [0.15, 0.2) is 0 Å². The highest BCUT2D eigenvalue weighted by Crippen LogP contribution is 2.39. The molecule has 4 heteroatoms. The predicted molar refractivity (Wildman–Crippen MR) is 74.6 cm³/mol. The molecule has 1 N–H and O–H groups in total. The van der Waals surface area contributed by atoms with Crippen LogP contribution in [0.4, 0.5) is 0 Å². The van der Waals surface area contributed by atoms with Crippen LogP contribution in [0.25, 0.3) is 0 Å². The molecule has 2 amide bonds. The molecule has 0 aromatic heterocycles. The Morgan fingerprint density at radius 2 is 1.79 bits per heavy atom. The molecule has 0 bridgehead atoms. The summed E-state index contributed by atoms with van der Waals surface area (Å²) in [5, 5.41) is 2.84. The lowest BCUT2D eigenvalue weighted by molar-refractivity contribution is -0.155. The van der Waals surface area contributed by atoms with Crippen LogP contribution >= 0.6 is 0 Å². The lowest BCUT2D eigenvalue weighted by atomic mass is 9.85. The van der Waals surface area contributed by atoms with Crippen molar-refractivity contribution < 1.29 is 9.59 Å². The van der Waals surface area contributed by atoms with Crippen molar-refractivity contribution in [1.29, 1.82) is 0 Å². The molecule has 1 saturated carbocycles. The van der Waals surface area contributed by atoms with Crippen molar-refractivity contribution in [1.82, 2.24) is 10.2 Å². The highest BCUT2D eigenvalue weighted by Gasteiger charge is 2.46. The van der Waals surface area contributed by atoms with E-state index in [1.807, 2.05) is 11.8 Å². The molecular weight excluding hydrogens is 240 g/mol. The maximum absolute atomic E-state index is 12.6. The van der Waals surface area contributed by atoms with Gasteiger partial charge in [0, 0.05) is 6.54 Å². The molecule has 1 unspecified atom stereocenters. The Labute approximate surface area is 115 Å². The summed E-state index contributed by atoms with van der Waals surface area (Å²) in [6.45, 7) is 8.53. The fourth-order valence-electron chi connectivity index (χ4n) is 3.47. The van der Waals surface area contributed by atoms with E-state index < -0.39 is 5.54 Å². The summed E-state index contributed by atoms with van der Waals surface area (Å²) in [5.74, 6) is 0.0563. The third kappa shape index (κ3) is 2.63. The zero-order valence-electron chi connectivity index (χ0n) is 12.6. The lowest BCUT2D eigenvalue weighted by Crippen LogP contribution is -2.68. The molecule has 19 heavy (non-hydrogen) atoms. The SMILES string of the molecule is CCC1C(=O)NC(C)(C)C(=O)N1CC1(C)CCCC1. The van der Waals surface area contributed by atoms with E-state index in [0.29, 0.717) is 6.42 Å². The number of amides is 2. The van der Waals surface area contributed by atoms with Gasteiger partial charge in [0.25, 0.3) is 0 Å². The van der Waals surface area contributed by atoms with Crippen molar-refractivity contribution in [2.75, 3.05) is 6.54 Å². The normalized spacial score (nSPS) is 29.5. The minimum atomic E-state index is -0.766. The second-order valence-electron chi connectivity index (χ2n) is 6.99. The molecule has 0 spiro atoms. The van der Waals surface area contributed by atoms with Gasteiger partial charge in [-0.05, 0) is 38.5 Å². The van der Waals surface area contributed by atoms with Crippen molar-refractivity contribution in [3.8, 4) is 0 Å². The highest BCUT2D eigenvalue weighted by atomic mass is 16.2. The van der Waals surface area contributed by atoms with Crippen LogP contribution in [0.15, 0.2) is 0 Å². The lowest BCUT2D eigenvalue weighted by Gasteiger charge is -2.45. The van der Waals surface area contributed by atoms with E-state index in [9.17, 15) is 9.59 Å². The average Bonchev–Trinajstić information content (AvgIpc) is 2.72. The zero-order chi connectivity index (χ0) is 14.3. The molecule has 1 aliphatic carbocycles. The van der Waals surface area contributed by atoms with E-state index in [1.165, 1.54) is 12.8 Å². The van der Waals surface area contributed by atoms with Crippen LogP contribution in [0.5, 0.6) is 0 Å². The van der Waals surface area contributed by atoms with Crippen molar-refractivity contribution in [2.24, 2.45) is 5.41 Å².